The summed E-state index contributed by atoms with van der Waals surface area (Å²) >= 11 is 0. The molecule has 0 saturated carbocycles. The summed E-state index contributed by atoms with van der Waals surface area (Å²) < 4.78 is 5.35. The Morgan fingerprint density at radius 2 is 2.06 bits per heavy atom. The van der Waals surface area contributed by atoms with Gasteiger partial charge in [-0.25, -0.2) is 0 Å². The topological polar surface area (TPSA) is 25.2 Å². The maximum absolute atomic E-state index is 5.35. The first-order valence-electron chi connectivity index (χ1n) is 6.01. The Morgan fingerprint density at radius 1 is 1.24 bits per heavy atom. The minimum absolute atomic E-state index is 0.363. The Bertz CT molecular complexity index is 474. The van der Waals surface area contributed by atoms with E-state index in [0.717, 1.165) is 12.2 Å². The van der Waals surface area contributed by atoms with Crippen LogP contribution in [0.25, 0.3) is 0 Å². The Morgan fingerprint density at radius 3 is 2.71 bits per heavy atom. The lowest BCUT2D eigenvalue weighted by Gasteiger charge is -2.16. The fourth-order valence-electron chi connectivity index (χ4n) is 2.02. The van der Waals surface area contributed by atoms with Crippen LogP contribution in [0.1, 0.15) is 23.8 Å². The molecule has 0 aliphatic heterocycles. The largest absolute Gasteiger partial charge is 0.469 e. The van der Waals surface area contributed by atoms with Crippen LogP contribution in [0, 0.1) is 13.8 Å². The Kier molecular flexibility index (Phi) is 3.52. The van der Waals surface area contributed by atoms with Crippen molar-refractivity contribution < 1.29 is 4.42 Å². The number of aryl methyl sites for hydroxylation is 2. The predicted octanol–water partition coefficient (Wildman–Crippen LogP) is 3.94. The van der Waals surface area contributed by atoms with Crippen molar-refractivity contribution in [1.82, 2.24) is 0 Å². The summed E-state index contributed by atoms with van der Waals surface area (Å²) in [4.78, 5) is 0. The first-order chi connectivity index (χ1) is 8.15. The third-order valence-corrected chi connectivity index (χ3v) is 2.87. The van der Waals surface area contributed by atoms with Crippen molar-refractivity contribution in [3.05, 3.63) is 53.5 Å². The highest BCUT2D eigenvalue weighted by atomic mass is 16.3. The van der Waals surface area contributed by atoms with Gasteiger partial charge in [0.2, 0.25) is 0 Å². The number of benzene rings is 1. The van der Waals surface area contributed by atoms with E-state index in [1.807, 2.05) is 12.1 Å². The molecular weight excluding hydrogens is 210 g/mol. The molecule has 0 bridgehead atoms. The lowest BCUT2D eigenvalue weighted by molar-refractivity contribution is 0.497. The standard InChI is InChI=1S/C15H19NO/c1-11-6-7-15(12(2)9-11)16-13(3)10-14-5-4-8-17-14/h4-9,13,16H,10H2,1-3H3. The average Bonchev–Trinajstić information content (AvgIpc) is 2.75. The van der Waals surface area contributed by atoms with Gasteiger partial charge < -0.3 is 9.73 Å². The summed E-state index contributed by atoms with van der Waals surface area (Å²) in [6.07, 6.45) is 2.62. The van der Waals surface area contributed by atoms with Gasteiger partial charge in [0.05, 0.1) is 6.26 Å². The molecule has 17 heavy (non-hydrogen) atoms. The average molecular weight is 229 g/mol. The molecule has 1 N–H and O–H groups in total. The van der Waals surface area contributed by atoms with E-state index in [-0.39, 0.29) is 0 Å². The fraction of sp³-hybridized carbons (Fsp3) is 0.333. The minimum atomic E-state index is 0.363. The summed E-state index contributed by atoms with van der Waals surface area (Å²) in [6, 6.07) is 10.8. The highest BCUT2D eigenvalue weighted by Crippen LogP contribution is 2.18. The molecule has 0 aliphatic rings. The fourth-order valence-corrected chi connectivity index (χ4v) is 2.02. The monoisotopic (exact) mass is 229 g/mol. The van der Waals surface area contributed by atoms with Gasteiger partial charge in [-0.1, -0.05) is 17.7 Å². The first kappa shape index (κ1) is 11.8. The molecule has 0 fully saturated rings. The van der Waals surface area contributed by atoms with Gasteiger partial charge in [0.25, 0.3) is 0 Å². The summed E-state index contributed by atoms with van der Waals surface area (Å²) in [6.45, 7) is 6.42. The number of anilines is 1. The quantitative estimate of drug-likeness (QED) is 0.859. The van der Waals surface area contributed by atoms with Crippen molar-refractivity contribution in [2.24, 2.45) is 0 Å². The highest BCUT2D eigenvalue weighted by Gasteiger charge is 2.07. The molecule has 1 heterocycles. The number of nitrogens with one attached hydrogen (secondary N) is 1. The van der Waals surface area contributed by atoms with Crippen LogP contribution in [0.5, 0.6) is 0 Å². The van der Waals surface area contributed by atoms with Gasteiger partial charge in [-0.05, 0) is 44.5 Å². The summed E-state index contributed by atoms with van der Waals surface area (Å²) in [5, 5.41) is 3.52. The molecule has 1 unspecified atom stereocenters. The SMILES string of the molecule is Cc1ccc(NC(C)Cc2ccco2)c(C)c1. The van der Waals surface area contributed by atoms with Crippen LogP contribution in [-0.4, -0.2) is 6.04 Å². The molecule has 90 valence electrons. The van der Waals surface area contributed by atoms with E-state index in [1.54, 1.807) is 6.26 Å². The van der Waals surface area contributed by atoms with Crippen LogP contribution in [0.2, 0.25) is 0 Å². The lowest BCUT2D eigenvalue weighted by Crippen LogP contribution is -2.18. The molecule has 0 saturated heterocycles. The third kappa shape index (κ3) is 3.13. The Hall–Kier alpha value is -1.70. The van der Waals surface area contributed by atoms with Gasteiger partial charge in [-0.3, -0.25) is 0 Å². The van der Waals surface area contributed by atoms with E-state index in [2.05, 4.69) is 44.3 Å². The van der Waals surface area contributed by atoms with Crippen LogP contribution in [0.3, 0.4) is 0 Å². The van der Waals surface area contributed by atoms with E-state index in [1.165, 1.54) is 16.8 Å². The smallest absolute Gasteiger partial charge is 0.105 e. The molecule has 0 aliphatic carbocycles. The summed E-state index contributed by atoms with van der Waals surface area (Å²) in [5.74, 6) is 1.02. The van der Waals surface area contributed by atoms with Crippen molar-refractivity contribution in [2.45, 2.75) is 33.2 Å². The number of hydrogen-bond donors (Lipinski definition) is 1. The second kappa shape index (κ2) is 5.09. The van der Waals surface area contributed by atoms with Crippen molar-refractivity contribution in [2.75, 3.05) is 5.32 Å². The number of hydrogen-bond acceptors (Lipinski definition) is 2. The highest BCUT2D eigenvalue weighted by molar-refractivity contribution is 5.52. The van der Waals surface area contributed by atoms with Gasteiger partial charge in [0.1, 0.15) is 5.76 Å². The van der Waals surface area contributed by atoms with Crippen LogP contribution in [-0.2, 0) is 6.42 Å². The summed E-state index contributed by atoms with van der Waals surface area (Å²) in [5.41, 5.74) is 3.79. The maximum Gasteiger partial charge on any atom is 0.105 e. The van der Waals surface area contributed by atoms with Gasteiger partial charge in [0, 0.05) is 18.2 Å². The molecule has 2 heteroatoms. The van der Waals surface area contributed by atoms with E-state index in [9.17, 15) is 0 Å². The van der Waals surface area contributed by atoms with Crippen LogP contribution in [0.4, 0.5) is 5.69 Å². The molecule has 1 aromatic heterocycles. The Balaban J connectivity index is 2.00. The van der Waals surface area contributed by atoms with Gasteiger partial charge in [-0.15, -0.1) is 0 Å². The van der Waals surface area contributed by atoms with Crippen molar-refractivity contribution >= 4 is 5.69 Å². The van der Waals surface area contributed by atoms with Crippen LogP contribution in [0.15, 0.2) is 41.0 Å². The number of rotatable bonds is 4. The van der Waals surface area contributed by atoms with Crippen molar-refractivity contribution in [3.63, 3.8) is 0 Å². The molecule has 1 atom stereocenters. The minimum Gasteiger partial charge on any atom is -0.469 e. The zero-order valence-corrected chi connectivity index (χ0v) is 10.7. The van der Waals surface area contributed by atoms with E-state index < -0.39 is 0 Å². The molecule has 0 spiro atoms. The summed E-state index contributed by atoms with van der Waals surface area (Å²) in [7, 11) is 0. The third-order valence-electron chi connectivity index (χ3n) is 2.87. The van der Waals surface area contributed by atoms with Crippen molar-refractivity contribution in [3.8, 4) is 0 Å². The van der Waals surface area contributed by atoms with E-state index >= 15 is 0 Å². The maximum atomic E-state index is 5.35. The first-order valence-corrected chi connectivity index (χ1v) is 6.01. The lowest BCUT2D eigenvalue weighted by atomic mass is 10.1. The molecule has 1 aromatic carbocycles. The molecule has 2 nitrogen and oxygen atoms in total. The molecule has 2 rings (SSSR count). The van der Waals surface area contributed by atoms with Crippen LogP contribution >= 0.6 is 0 Å². The van der Waals surface area contributed by atoms with Crippen LogP contribution < -0.4 is 5.32 Å². The molecular formula is C15H19NO. The molecule has 0 amide bonds. The molecule has 2 aromatic rings. The Labute approximate surface area is 103 Å². The second-order valence-corrected chi connectivity index (χ2v) is 4.65. The number of furan rings is 1. The molecule has 0 radical (unpaired) electrons. The zero-order valence-electron chi connectivity index (χ0n) is 10.7. The zero-order chi connectivity index (χ0) is 12.3. The van der Waals surface area contributed by atoms with E-state index in [0.29, 0.717) is 6.04 Å². The van der Waals surface area contributed by atoms with Gasteiger partial charge in [0.15, 0.2) is 0 Å². The second-order valence-electron chi connectivity index (χ2n) is 4.65. The van der Waals surface area contributed by atoms with Crippen molar-refractivity contribution in [1.29, 1.82) is 0 Å². The van der Waals surface area contributed by atoms with E-state index in [4.69, 9.17) is 4.42 Å². The normalized spacial score (nSPS) is 12.4. The van der Waals surface area contributed by atoms with Gasteiger partial charge >= 0.3 is 0 Å². The van der Waals surface area contributed by atoms with Gasteiger partial charge in [-0.2, -0.15) is 0 Å². The predicted molar refractivity (Wildman–Crippen MR) is 71.4 cm³/mol.